The van der Waals surface area contributed by atoms with Crippen LogP contribution < -0.4 is 0 Å². The maximum absolute atomic E-state index is 8.38. The van der Waals surface area contributed by atoms with Gasteiger partial charge in [-0.3, -0.25) is 0 Å². The fourth-order valence-electron chi connectivity index (χ4n) is 0. The topological polar surface area (TPSA) is 48.6 Å². The molecule has 0 aliphatic heterocycles. The molecule has 0 spiro atoms. The van der Waals surface area contributed by atoms with E-state index in [1.54, 1.807) is 0 Å². The van der Waals surface area contributed by atoms with Crippen LogP contribution >= 0.6 is 0 Å². The van der Waals surface area contributed by atoms with E-state index >= 15 is 0 Å². The fraction of sp³-hybridized carbons (Fsp3) is 0. The Morgan fingerprint density at radius 3 is 1.25 bits per heavy atom. The first kappa shape index (κ1) is 20.5. The summed E-state index contributed by atoms with van der Waals surface area (Å²) in [6, 6.07) is 0. The van der Waals surface area contributed by atoms with Crippen molar-refractivity contribution in [1.29, 1.82) is 0 Å². The summed E-state index contributed by atoms with van der Waals surface area (Å²) in [4.78, 5) is 0. The summed E-state index contributed by atoms with van der Waals surface area (Å²) >= 11 is 0.125. The van der Waals surface area contributed by atoms with Crippen LogP contribution in [0.15, 0.2) is 0 Å². The molecule has 0 aliphatic carbocycles. The van der Waals surface area contributed by atoms with Crippen LogP contribution in [0.3, 0.4) is 0 Å². The minimum absolute atomic E-state index is 0. The third-order valence-electron chi connectivity index (χ3n) is 0. The van der Waals surface area contributed by atoms with Gasteiger partial charge >= 0.3 is 21.8 Å². The van der Waals surface area contributed by atoms with Crippen molar-refractivity contribution >= 4 is 17.4 Å². The Morgan fingerprint density at radius 2 is 1.25 bits per heavy atom. The van der Waals surface area contributed by atoms with Crippen molar-refractivity contribution in [2.75, 3.05) is 0 Å². The van der Waals surface area contributed by atoms with E-state index in [-0.39, 0.29) is 41.1 Å². The second-order valence-corrected chi connectivity index (χ2v) is 0. The average molecular weight is 129 g/mol. The summed E-state index contributed by atoms with van der Waals surface area (Å²) in [6.45, 7) is 0. The van der Waals surface area contributed by atoms with Crippen molar-refractivity contribution in [2.24, 2.45) is 0 Å². The molecule has 0 radical (unpaired) electrons. The summed E-state index contributed by atoms with van der Waals surface area (Å²) in [5.74, 6) is 0. The Kier molecular flexibility index (Phi) is 204. The minimum atomic E-state index is 0. The van der Waals surface area contributed by atoms with Crippen LogP contribution in [0.25, 0.3) is 0 Å². The third kappa shape index (κ3) is 12.8. The van der Waals surface area contributed by atoms with E-state index in [0.29, 0.717) is 0 Å². The molecule has 0 fully saturated rings. The normalized spacial score (nSPS) is 1.50. The molecular weight excluding hydrogens is 124 g/mol. The molecule has 0 atom stereocenters. The van der Waals surface area contributed by atoms with Crippen molar-refractivity contribution in [3.63, 3.8) is 0 Å². The molecular formula is H5AlO2Zn. The Morgan fingerprint density at radius 1 is 1.25 bits per heavy atom. The zero-order chi connectivity index (χ0) is 2.00. The Balaban J connectivity index is -0.00000000500. The van der Waals surface area contributed by atoms with Gasteiger partial charge in [-0.2, -0.15) is 0 Å². The molecule has 0 bridgehead atoms. The summed E-state index contributed by atoms with van der Waals surface area (Å²) in [6.07, 6.45) is 0. The molecule has 0 aromatic carbocycles. The zero-order valence-corrected chi connectivity index (χ0v) is 4.58. The van der Waals surface area contributed by atoms with Gasteiger partial charge in [0.25, 0.3) is 0 Å². The molecule has 0 heterocycles. The summed E-state index contributed by atoms with van der Waals surface area (Å²) in [5, 5.41) is 0. The van der Waals surface area contributed by atoms with Gasteiger partial charge in [0.1, 0.15) is 0 Å². The zero-order valence-electron chi connectivity index (χ0n) is 1.62. The predicted molar refractivity (Wildman–Crippen MR) is 14.2 cm³/mol. The van der Waals surface area contributed by atoms with Gasteiger partial charge in [0.2, 0.25) is 0 Å². The van der Waals surface area contributed by atoms with Crippen LogP contribution in [0.1, 0.15) is 0 Å². The van der Waals surface area contributed by atoms with E-state index in [1.165, 1.54) is 0 Å². The molecule has 0 rings (SSSR count). The van der Waals surface area contributed by atoms with Gasteiger partial charge in [0.15, 0.2) is 17.4 Å². The van der Waals surface area contributed by atoms with Gasteiger partial charge < -0.3 is 5.48 Å². The quantitative estimate of drug-likeness (QED) is 0.345. The van der Waals surface area contributed by atoms with Crippen molar-refractivity contribution in [2.45, 2.75) is 0 Å². The predicted octanol–water partition coefficient (Wildman–Crippen LogP) is -2.13. The molecule has 0 amide bonds. The second kappa shape index (κ2) is 39.7. The van der Waals surface area contributed by atoms with E-state index in [4.69, 9.17) is 3.57 Å². The molecule has 2 N–H and O–H groups in total. The SMILES string of the molecule is O.[AlH3].[O]=[Zn]. The third-order valence-corrected chi connectivity index (χ3v) is 0. The van der Waals surface area contributed by atoms with E-state index in [2.05, 4.69) is 0 Å². The molecule has 0 aliphatic rings. The molecule has 4 heavy (non-hydrogen) atoms. The van der Waals surface area contributed by atoms with Crippen LogP contribution in [0.5, 0.6) is 0 Å². The molecule has 0 saturated carbocycles. The number of hydrogen-bond donors (Lipinski definition) is 0. The van der Waals surface area contributed by atoms with E-state index in [9.17, 15) is 0 Å². The van der Waals surface area contributed by atoms with Crippen molar-refractivity contribution in [1.82, 2.24) is 0 Å². The first-order valence-electron chi connectivity index (χ1n) is 0.289. The van der Waals surface area contributed by atoms with Gasteiger partial charge in [0.05, 0.1) is 0 Å². The number of rotatable bonds is 0. The summed E-state index contributed by atoms with van der Waals surface area (Å²) in [5.41, 5.74) is 0. The van der Waals surface area contributed by atoms with Crippen LogP contribution in [-0.4, -0.2) is 22.8 Å². The van der Waals surface area contributed by atoms with E-state index in [1.807, 2.05) is 0 Å². The molecule has 0 aromatic heterocycles. The molecule has 2 nitrogen and oxygen atoms in total. The van der Waals surface area contributed by atoms with Gasteiger partial charge in [0, 0.05) is 0 Å². The number of hydrogen-bond acceptors (Lipinski definition) is 1. The van der Waals surface area contributed by atoms with Crippen LogP contribution in [0.2, 0.25) is 0 Å². The van der Waals surface area contributed by atoms with Crippen LogP contribution in [0.4, 0.5) is 0 Å². The monoisotopic (exact) mass is 128 g/mol. The molecule has 4 heteroatoms. The Bertz CT molecular complexity index is 6.00. The molecule has 22 valence electrons. The van der Waals surface area contributed by atoms with Crippen molar-refractivity contribution in [3.05, 3.63) is 0 Å². The van der Waals surface area contributed by atoms with Gasteiger partial charge in [-0.1, -0.05) is 0 Å². The Labute approximate surface area is 45.0 Å². The van der Waals surface area contributed by atoms with E-state index < -0.39 is 0 Å². The van der Waals surface area contributed by atoms with Crippen molar-refractivity contribution < 1.29 is 27.3 Å². The van der Waals surface area contributed by atoms with E-state index in [0.717, 1.165) is 0 Å². The molecule has 0 aromatic rings. The summed E-state index contributed by atoms with van der Waals surface area (Å²) < 4.78 is 8.38. The standard InChI is InChI=1S/Al.H2O.O.Zn.3H/h;1H2;;;;;. The van der Waals surface area contributed by atoms with Crippen molar-refractivity contribution in [3.8, 4) is 0 Å². The first-order chi connectivity index (χ1) is 1.00. The average Bonchev–Trinajstić information content (AvgIpc) is 1.00. The Hall–Kier alpha value is 0.916. The van der Waals surface area contributed by atoms with Gasteiger partial charge in [-0.15, -0.1) is 0 Å². The van der Waals surface area contributed by atoms with Crippen LogP contribution in [0, 0.1) is 0 Å². The summed E-state index contributed by atoms with van der Waals surface area (Å²) in [7, 11) is 0. The van der Waals surface area contributed by atoms with Gasteiger partial charge in [-0.25, -0.2) is 0 Å². The first-order valence-corrected chi connectivity index (χ1v) is 1.50. The molecule has 0 unspecified atom stereocenters. The fourth-order valence-corrected chi connectivity index (χ4v) is 0. The molecule has 0 saturated heterocycles. The maximum atomic E-state index is 8.38. The van der Waals surface area contributed by atoms with Crippen LogP contribution in [-0.2, 0) is 21.8 Å². The van der Waals surface area contributed by atoms with Gasteiger partial charge in [-0.05, 0) is 0 Å². The second-order valence-electron chi connectivity index (χ2n) is 0.